The van der Waals surface area contributed by atoms with Crippen LogP contribution in [0, 0.1) is 0 Å². The number of nitrogens with zero attached hydrogens (tertiary/aromatic N) is 1. The summed E-state index contributed by atoms with van der Waals surface area (Å²) in [6.45, 7) is 3.21. The lowest BCUT2D eigenvalue weighted by Crippen LogP contribution is -2.45. The fourth-order valence-electron chi connectivity index (χ4n) is 0.901. The number of nitrogens with one attached hydrogen (secondary N) is 1. The van der Waals surface area contributed by atoms with Crippen LogP contribution in [0.4, 0.5) is 0 Å². The molecule has 1 unspecified atom stereocenters. The van der Waals surface area contributed by atoms with Crippen LogP contribution in [0.5, 0.6) is 0 Å². The third kappa shape index (κ3) is 1.92. The number of nitrogens with two attached hydrogens (primary N) is 1. The zero-order valence-electron chi connectivity index (χ0n) is 7.29. The number of hydrogen-bond donors (Lipinski definition) is 2. The second kappa shape index (κ2) is 3.06. The molecule has 0 radical (unpaired) electrons. The minimum absolute atomic E-state index is 0.0166. The lowest BCUT2D eigenvalue weighted by atomic mass is 9.93. The fraction of sp³-hybridized carbons (Fsp3) is 0.500. The minimum Gasteiger partial charge on any atom is -0.348 e. The average Bonchev–Trinajstić information content (AvgIpc) is 2.38. The number of hydrogen-bond acceptors (Lipinski definition) is 3. The Labute approximate surface area is 71.2 Å². The highest BCUT2D eigenvalue weighted by atomic mass is 16.1. The van der Waals surface area contributed by atoms with Crippen LogP contribution in [0.25, 0.3) is 0 Å². The molecule has 0 aliphatic heterocycles. The summed E-state index contributed by atoms with van der Waals surface area (Å²) in [4.78, 5) is 17.8. The quantitative estimate of drug-likeness (QED) is 0.678. The summed E-state index contributed by atoms with van der Waals surface area (Å²) in [6.07, 6.45) is 3.75. The standard InChI is InChI=1S/C8H13N3O/c1-6(12)8(2,9)3-7-4-10-5-11-7/h4-5H,3,9H2,1-2H3,(H,10,11). The summed E-state index contributed by atoms with van der Waals surface area (Å²) < 4.78 is 0. The summed E-state index contributed by atoms with van der Waals surface area (Å²) in [5.74, 6) is -0.0166. The van der Waals surface area contributed by atoms with E-state index < -0.39 is 5.54 Å². The number of carbonyl (C=O) groups excluding carboxylic acids is 1. The number of ketones is 1. The number of H-pyrrole nitrogens is 1. The van der Waals surface area contributed by atoms with E-state index in [1.165, 1.54) is 6.92 Å². The number of imidazole rings is 1. The summed E-state index contributed by atoms with van der Waals surface area (Å²) in [6, 6.07) is 0. The highest BCUT2D eigenvalue weighted by Crippen LogP contribution is 2.08. The minimum atomic E-state index is -0.785. The molecule has 4 heteroatoms. The van der Waals surface area contributed by atoms with Gasteiger partial charge < -0.3 is 10.7 Å². The monoisotopic (exact) mass is 167 g/mol. The largest absolute Gasteiger partial charge is 0.348 e. The van der Waals surface area contributed by atoms with Crippen molar-refractivity contribution in [2.24, 2.45) is 5.73 Å². The van der Waals surface area contributed by atoms with Crippen LogP contribution in [0.15, 0.2) is 12.5 Å². The Kier molecular flexibility index (Phi) is 2.28. The molecule has 0 aliphatic carbocycles. The molecule has 4 nitrogen and oxygen atoms in total. The number of Topliss-reactive ketones (excluding diaryl/α,β-unsaturated/α-hetero) is 1. The van der Waals surface area contributed by atoms with Crippen LogP contribution in [-0.4, -0.2) is 21.3 Å². The Bertz CT molecular complexity index is 264. The highest BCUT2D eigenvalue weighted by molar-refractivity contribution is 5.85. The van der Waals surface area contributed by atoms with Crippen molar-refractivity contribution >= 4 is 5.78 Å². The smallest absolute Gasteiger partial charge is 0.149 e. The average molecular weight is 167 g/mol. The molecule has 0 spiro atoms. The lowest BCUT2D eigenvalue weighted by Gasteiger charge is -2.19. The van der Waals surface area contributed by atoms with Gasteiger partial charge in [-0.15, -0.1) is 0 Å². The molecule has 0 saturated carbocycles. The Morgan fingerprint density at radius 1 is 1.83 bits per heavy atom. The Balaban J connectivity index is 2.69. The molecule has 0 aromatic carbocycles. The highest BCUT2D eigenvalue weighted by Gasteiger charge is 2.24. The molecule has 0 amide bonds. The van der Waals surface area contributed by atoms with Gasteiger partial charge in [-0.1, -0.05) is 0 Å². The van der Waals surface area contributed by atoms with E-state index in [0.717, 1.165) is 5.69 Å². The van der Waals surface area contributed by atoms with Crippen molar-refractivity contribution in [3.8, 4) is 0 Å². The Hall–Kier alpha value is -1.16. The molecule has 3 N–H and O–H groups in total. The molecule has 0 saturated heterocycles. The van der Waals surface area contributed by atoms with E-state index >= 15 is 0 Å². The van der Waals surface area contributed by atoms with Gasteiger partial charge in [-0.25, -0.2) is 4.98 Å². The zero-order valence-corrected chi connectivity index (χ0v) is 7.29. The molecule has 1 atom stereocenters. The maximum absolute atomic E-state index is 11.0. The number of aromatic nitrogens is 2. The maximum atomic E-state index is 11.0. The van der Waals surface area contributed by atoms with Gasteiger partial charge in [0.2, 0.25) is 0 Å². The molecule has 1 rings (SSSR count). The van der Waals surface area contributed by atoms with Gasteiger partial charge in [-0.05, 0) is 13.8 Å². The first-order valence-electron chi connectivity index (χ1n) is 3.79. The first-order chi connectivity index (χ1) is 5.52. The predicted molar refractivity (Wildman–Crippen MR) is 45.6 cm³/mol. The van der Waals surface area contributed by atoms with Crippen molar-refractivity contribution in [3.63, 3.8) is 0 Å². The maximum Gasteiger partial charge on any atom is 0.149 e. The fourth-order valence-corrected chi connectivity index (χ4v) is 0.901. The van der Waals surface area contributed by atoms with Crippen molar-refractivity contribution in [3.05, 3.63) is 18.2 Å². The van der Waals surface area contributed by atoms with Crippen LogP contribution < -0.4 is 5.73 Å². The number of aromatic amines is 1. The molecule has 66 valence electrons. The second-order valence-corrected chi connectivity index (χ2v) is 3.23. The molecule has 1 aromatic heterocycles. The van der Waals surface area contributed by atoms with Crippen molar-refractivity contribution in [1.82, 2.24) is 9.97 Å². The Morgan fingerprint density at radius 2 is 2.50 bits per heavy atom. The molecular weight excluding hydrogens is 154 g/mol. The van der Waals surface area contributed by atoms with Crippen molar-refractivity contribution in [2.45, 2.75) is 25.8 Å². The van der Waals surface area contributed by atoms with Gasteiger partial charge in [0.15, 0.2) is 0 Å². The molecule has 0 aliphatic rings. The molecule has 12 heavy (non-hydrogen) atoms. The van der Waals surface area contributed by atoms with E-state index in [0.29, 0.717) is 6.42 Å². The van der Waals surface area contributed by atoms with Gasteiger partial charge >= 0.3 is 0 Å². The summed E-state index contributed by atoms with van der Waals surface area (Å²) >= 11 is 0. The lowest BCUT2D eigenvalue weighted by molar-refractivity contribution is -0.121. The van der Waals surface area contributed by atoms with Crippen LogP contribution in [-0.2, 0) is 11.2 Å². The van der Waals surface area contributed by atoms with Gasteiger partial charge in [-0.2, -0.15) is 0 Å². The van der Waals surface area contributed by atoms with E-state index in [1.54, 1.807) is 19.4 Å². The van der Waals surface area contributed by atoms with E-state index in [4.69, 9.17) is 5.73 Å². The van der Waals surface area contributed by atoms with Gasteiger partial charge in [-0.3, -0.25) is 4.79 Å². The van der Waals surface area contributed by atoms with E-state index in [1.807, 2.05) is 0 Å². The van der Waals surface area contributed by atoms with Crippen LogP contribution in [0.2, 0.25) is 0 Å². The SMILES string of the molecule is CC(=O)C(C)(N)Cc1cnc[nH]1. The van der Waals surface area contributed by atoms with E-state index in [2.05, 4.69) is 9.97 Å². The van der Waals surface area contributed by atoms with Gasteiger partial charge in [0.1, 0.15) is 5.78 Å². The molecular formula is C8H13N3O. The third-order valence-corrected chi connectivity index (χ3v) is 1.92. The first kappa shape index (κ1) is 8.93. The van der Waals surface area contributed by atoms with E-state index in [9.17, 15) is 4.79 Å². The topological polar surface area (TPSA) is 71.8 Å². The van der Waals surface area contributed by atoms with Gasteiger partial charge in [0.25, 0.3) is 0 Å². The van der Waals surface area contributed by atoms with Crippen LogP contribution in [0.1, 0.15) is 19.5 Å². The van der Waals surface area contributed by atoms with E-state index in [-0.39, 0.29) is 5.78 Å². The van der Waals surface area contributed by atoms with Crippen molar-refractivity contribution in [1.29, 1.82) is 0 Å². The van der Waals surface area contributed by atoms with Gasteiger partial charge in [0.05, 0.1) is 11.9 Å². The number of carbonyl (C=O) groups is 1. The third-order valence-electron chi connectivity index (χ3n) is 1.92. The molecule has 1 aromatic rings. The zero-order chi connectivity index (χ0) is 9.19. The molecule has 1 heterocycles. The summed E-state index contributed by atoms with van der Waals surface area (Å²) in [5, 5.41) is 0. The van der Waals surface area contributed by atoms with Gasteiger partial charge in [0, 0.05) is 18.3 Å². The summed E-state index contributed by atoms with van der Waals surface area (Å²) in [7, 11) is 0. The van der Waals surface area contributed by atoms with Crippen LogP contribution in [0.3, 0.4) is 0 Å². The van der Waals surface area contributed by atoms with Crippen molar-refractivity contribution in [2.75, 3.05) is 0 Å². The number of rotatable bonds is 3. The summed E-state index contributed by atoms with van der Waals surface area (Å²) in [5.41, 5.74) is 5.85. The van der Waals surface area contributed by atoms with Crippen molar-refractivity contribution < 1.29 is 4.79 Å². The van der Waals surface area contributed by atoms with Crippen LogP contribution >= 0.6 is 0 Å². The molecule has 0 fully saturated rings. The predicted octanol–water partition coefficient (Wildman–Crippen LogP) is 0.259. The Morgan fingerprint density at radius 3 is 2.92 bits per heavy atom. The molecule has 0 bridgehead atoms. The second-order valence-electron chi connectivity index (χ2n) is 3.23. The normalized spacial score (nSPS) is 15.6. The first-order valence-corrected chi connectivity index (χ1v) is 3.79.